The number of hydrogen-bond donors (Lipinski definition) is 1. The monoisotopic (exact) mass is 377 g/mol. The SMILES string of the molecule is COc1cccc2sc(NC(=O)c3ccc(Oc4cccnc4)cc3)nc12. The zero-order valence-corrected chi connectivity index (χ0v) is 15.2. The van der Waals surface area contributed by atoms with Crippen LogP contribution in [0.1, 0.15) is 10.4 Å². The molecule has 27 heavy (non-hydrogen) atoms. The summed E-state index contributed by atoms with van der Waals surface area (Å²) in [6.45, 7) is 0. The van der Waals surface area contributed by atoms with Crippen molar-refractivity contribution in [3.63, 3.8) is 0 Å². The predicted octanol–water partition coefficient (Wildman–Crippen LogP) is 4.74. The molecule has 4 aromatic rings. The number of carbonyl (C=O) groups is 1. The van der Waals surface area contributed by atoms with E-state index < -0.39 is 0 Å². The van der Waals surface area contributed by atoms with Gasteiger partial charge in [0.15, 0.2) is 5.13 Å². The van der Waals surface area contributed by atoms with E-state index in [1.165, 1.54) is 11.3 Å². The van der Waals surface area contributed by atoms with Gasteiger partial charge in [-0.2, -0.15) is 0 Å². The van der Waals surface area contributed by atoms with Crippen molar-refractivity contribution in [1.29, 1.82) is 0 Å². The van der Waals surface area contributed by atoms with Crippen LogP contribution < -0.4 is 14.8 Å². The quantitative estimate of drug-likeness (QED) is 0.544. The Morgan fingerprint density at radius 2 is 1.89 bits per heavy atom. The standard InChI is InChI=1S/C20H15N3O3S/c1-25-16-5-2-6-17-18(16)22-20(27-17)23-19(24)13-7-9-14(10-8-13)26-15-4-3-11-21-12-15/h2-12H,1H3,(H,22,23,24). The minimum absolute atomic E-state index is 0.235. The number of nitrogens with zero attached hydrogens (tertiary/aromatic N) is 2. The smallest absolute Gasteiger partial charge is 0.257 e. The third-order valence-electron chi connectivity index (χ3n) is 3.81. The van der Waals surface area contributed by atoms with Gasteiger partial charge in [-0.15, -0.1) is 0 Å². The maximum Gasteiger partial charge on any atom is 0.257 e. The van der Waals surface area contributed by atoms with E-state index in [4.69, 9.17) is 9.47 Å². The van der Waals surface area contributed by atoms with Crippen LogP contribution in [0.3, 0.4) is 0 Å². The second-order valence-electron chi connectivity index (χ2n) is 5.60. The summed E-state index contributed by atoms with van der Waals surface area (Å²) >= 11 is 1.40. The van der Waals surface area contributed by atoms with E-state index in [-0.39, 0.29) is 5.91 Å². The van der Waals surface area contributed by atoms with Crippen molar-refractivity contribution in [3.8, 4) is 17.2 Å². The number of anilines is 1. The molecule has 0 fully saturated rings. The van der Waals surface area contributed by atoms with Crippen LogP contribution in [0.5, 0.6) is 17.2 Å². The lowest BCUT2D eigenvalue weighted by molar-refractivity contribution is 0.102. The fraction of sp³-hybridized carbons (Fsp3) is 0.0500. The fourth-order valence-corrected chi connectivity index (χ4v) is 3.41. The molecule has 0 atom stereocenters. The average molecular weight is 377 g/mol. The first-order chi connectivity index (χ1) is 13.2. The van der Waals surface area contributed by atoms with Crippen LogP contribution in [0, 0.1) is 0 Å². The summed E-state index contributed by atoms with van der Waals surface area (Å²) in [5.74, 6) is 1.71. The maximum atomic E-state index is 12.5. The number of para-hydroxylation sites is 1. The summed E-state index contributed by atoms with van der Waals surface area (Å²) in [6, 6.07) is 16.2. The number of amides is 1. The molecule has 7 heteroatoms. The molecule has 1 N–H and O–H groups in total. The molecule has 0 bridgehead atoms. The van der Waals surface area contributed by atoms with E-state index in [9.17, 15) is 4.79 Å². The van der Waals surface area contributed by atoms with Crippen LogP contribution in [0.25, 0.3) is 10.2 Å². The molecule has 2 heterocycles. The van der Waals surface area contributed by atoms with Gasteiger partial charge in [-0.1, -0.05) is 17.4 Å². The van der Waals surface area contributed by atoms with Crippen molar-refractivity contribution >= 4 is 32.6 Å². The molecule has 134 valence electrons. The van der Waals surface area contributed by atoms with Crippen LogP contribution in [-0.2, 0) is 0 Å². The Balaban J connectivity index is 1.48. The Kier molecular flexibility index (Phi) is 4.67. The van der Waals surface area contributed by atoms with E-state index in [1.807, 2.05) is 24.3 Å². The van der Waals surface area contributed by atoms with Crippen LogP contribution in [0.2, 0.25) is 0 Å². The second kappa shape index (κ2) is 7.43. The number of nitrogens with one attached hydrogen (secondary N) is 1. The molecular formula is C20H15N3O3S. The van der Waals surface area contributed by atoms with Gasteiger partial charge in [0.25, 0.3) is 5.91 Å². The highest BCUT2D eigenvalue weighted by molar-refractivity contribution is 7.22. The number of fused-ring (bicyclic) bond motifs is 1. The van der Waals surface area contributed by atoms with Gasteiger partial charge in [0.1, 0.15) is 22.8 Å². The maximum absolute atomic E-state index is 12.5. The molecule has 0 radical (unpaired) electrons. The zero-order chi connectivity index (χ0) is 18.6. The summed E-state index contributed by atoms with van der Waals surface area (Å²) in [4.78, 5) is 20.9. The number of ether oxygens (including phenoxy) is 2. The highest BCUT2D eigenvalue weighted by atomic mass is 32.1. The minimum Gasteiger partial charge on any atom is -0.494 e. The van der Waals surface area contributed by atoms with Crippen molar-refractivity contribution in [3.05, 3.63) is 72.6 Å². The summed E-state index contributed by atoms with van der Waals surface area (Å²) in [7, 11) is 1.60. The van der Waals surface area contributed by atoms with Gasteiger partial charge < -0.3 is 9.47 Å². The van der Waals surface area contributed by atoms with Crippen LogP contribution in [0.4, 0.5) is 5.13 Å². The first-order valence-corrected chi connectivity index (χ1v) is 8.97. The third-order valence-corrected chi connectivity index (χ3v) is 4.74. The molecule has 0 spiro atoms. The molecule has 4 rings (SSSR count). The molecule has 2 aromatic carbocycles. The molecule has 0 aliphatic heterocycles. The molecule has 0 aliphatic carbocycles. The van der Waals surface area contributed by atoms with Gasteiger partial charge in [0.05, 0.1) is 18.0 Å². The normalized spacial score (nSPS) is 10.6. The van der Waals surface area contributed by atoms with Crippen molar-refractivity contribution in [2.75, 3.05) is 12.4 Å². The number of aromatic nitrogens is 2. The topological polar surface area (TPSA) is 73.3 Å². The first kappa shape index (κ1) is 17.0. The number of thiazole rings is 1. The van der Waals surface area contributed by atoms with E-state index in [0.29, 0.717) is 27.9 Å². The molecule has 1 amide bonds. The number of methoxy groups -OCH3 is 1. The highest BCUT2D eigenvalue weighted by Gasteiger charge is 2.12. The zero-order valence-electron chi connectivity index (χ0n) is 14.4. The number of benzene rings is 2. The van der Waals surface area contributed by atoms with Gasteiger partial charge in [-0.3, -0.25) is 15.1 Å². The molecule has 2 aromatic heterocycles. The predicted molar refractivity (Wildman–Crippen MR) is 105 cm³/mol. The van der Waals surface area contributed by atoms with Crippen molar-refractivity contribution in [1.82, 2.24) is 9.97 Å². The second-order valence-corrected chi connectivity index (χ2v) is 6.63. The van der Waals surface area contributed by atoms with Crippen molar-refractivity contribution in [2.24, 2.45) is 0 Å². The van der Waals surface area contributed by atoms with Gasteiger partial charge in [0.2, 0.25) is 0 Å². The molecule has 0 unspecified atom stereocenters. The van der Waals surface area contributed by atoms with Crippen LogP contribution >= 0.6 is 11.3 Å². The molecule has 0 aliphatic rings. The lowest BCUT2D eigenvalue weighted by atomic mass is 10.2. The third kappa shape index (κ3) is 3.73. The first-order valence-electron chi connectivity index (χ1n) is 8.16. The van der Waals surface area contributed by atoms with Gasteiger partial charge in [0, 0.05) is 11.8 Å². The highest BCUT2D eigenvalue weighted by Crippen LogP contribution is 2.32. The van der Waals surface area contributed by atoms with Crippen molar-refractivity contribution in [2.45, 2.75) is 0 Å². The fourth-order valence-electron chi connectivity index (χ4n) is 2.53. The van der Waals surface area contributed by atoms with Gasteiger partial charge >= 0.3 is 0 Å². The van der Waals surface area contributed by atoms with Crippen LogP contribution in [0.15, 0.2) is 67.0 Å². The molecular weight excluding hydrogens is 362 g/mol. The number of carbonyl (C=O) groups excluding carboxylic acids is 1. The van der Waals surface area contributed by atoms with Crippen molar-refractivity contribution < 1.29 is 14.3 Å². The Hall–Kier alpha value is -3.45. The summed E-state index contributed by atoms with van der Waals surface area (Å²) < 4.78 is 11.9. The van der Waals surface area contributed by atoms with Gasteiger partial charge in [-0.25, -0.2) is 4.98 Å². The van der Waals surface area contributed by atoms with E-state index in [2.05, 4.69) is 15.3 Å². The van der Waals surface area contributed by atoms with Gasteiger partial charge in [-0.05, 0) is 48.5 Å². The van der Waals surface area contributed by atoms with E-state index in [0.717, 1.165) is 10.2 Å². The molecule has 0 saturated carbocycles. The van der Waals surface area contributed by atoms with E-state index in [1.54, 1.807) is 49.8 Å². The Bertz CT molecular complexity index is 1080. The number of pyridine rings is 1. The summed E-state index contributed by atoms with van der Waals surface area (Å²) in [5.41, 5.74) is 1.25. The summed E-state index contributed by atoms with van der Waals surface area (Å²) in [6.07, 6.45) is 3.31. The average Bonchev–Trinajstić information content (AvgIpc) is 3.11. The number of hydrogen-bond acceptors (Lipinski definition) is 6. The Morgan fingerprint density at radius 1 is 1.04 bits per heavy atom. The largest absolute Gasteiger partial charge is 0.494 e. The summed E-state index contributed by atoms with van der Waals surface area (Å²) in [5, 5.41) is 3.35. The van der Waals surface area contributed by atoms with E-state index >= 15 is 0 Å². The lowest BCUT2D eigenvalue weighted by Crippen LogP contribution is -2.11. The molecule has 0 saturated heterocycles. The Morgan fingerprint density at radius 3 is 2.63 bits per heavy atom. The lowest BCUT2D eigenvalue weighted by Gasteiger charge is -2.06. The van der Waals surface area contributed by atoms with Crippen LogP contribution in [-0.4, -0.2) is 23.0 Å². The molecule has 6 nitrogen and oxygen atoms in total. The minimum atomic E-state index is -0.235. The Labute approximate surface area is 159 Å². The number of rotatable bonds is 5.